The second kappa shape index (κ2) is 8.08. The van der Waals surface area contributed by atoms with E-state index in [4.69, 9.17) is 0 Å². The van der Waals surface area contributed by atoms with E-state index in [0.29, 0.717) is 18.0 Å². The van der Waals surface area contributed by atoms with Crippen molar-refractivity contribution in [1.82, 2.24) is 10.2 Å². The van der Waals surface area contributed by atoms with Gasteiger partial charge in [0.25, 0.3) is 0 Å². The fraction of sp³-hybridized carbons (Fsp3) is 1.00. The van der Waals surface area contributed by atoms with Gasteiger partial charge in [-0.05, 0) is 18.9 Å². The van der Waals surface area contributed by atoms with Gasteiger partial charge in [0.05, 0.1) is 0 Å². The summed E-state index contributed by atoms with van der Waals surface area (Å²) in [4.78, 5) is 2.52. The molecule has 0 aromatic carbocycles. The molecule has 0 aromatic rings. The molecule has 0 bridgehead atoms. The third-order valence-electron chi connectivity index (χ3n) is 3.37. The van der Waals surface area contributed by atoms with E-state index in [0.717, 1.165) is 12.5 Å². The van der Waals surface area contributed by atoms with Gasteiger partial charge in [-0.15, -0.1) is 0 Å². The highest BCUT2D eigenvalue weighted by atomic mass is 15.2. The molecule has 0 aliphatic carbocycles. The predicted octanol–water partition coefficient (Wildman–Crippen LogP) is 2.99. The van der Waals surface area contributed by atoms with Gasteiger partial charge in [0, 0.05) is 25.2 Å². The lowest BCUT2D eigenvalue weighted by molar-refractivity contribution is 0.162. The molecular weight excluding hydrogens is 196 g/mol. The predicted molar refractivity (Wildman–Crippen MR) is 73.8 cm³/mol. The topological polar surface area (TPSA) is 15.3 Å². The van der Waals surface area contributed by atoms with Crippen molar-refractivity contribution < 1.29 is 0 Å². The Bertz CT molecular complexity index is 166. The molecule has 0 saturated heterocycles. The summed E-state index contributed by atoms with van der Waals surface area (Å²) in [6.45, 7) is 16.0. The number of rotatable bonds is 8. The van der Waals surface area contributed by atoms with E-state index in [1.807, 2.05) is 0 Å². The van der Waals surface area contributed by atoms with Crippen LogP contribution >= 0.6 is 0 Å². The molecule has 0 spiro atoms. The zero-order valence-corrected chi connectivity index (χ0v) is 12.4. The summed E-state index contributed by atoms with van der Waals surface area (Å²) < 4.78 is 0. The second-order valence-corrected chi connectivity index (χ2v) is 5.83. The van der Waals surface area contributed by atoms with Crippen LogP contribution in [0.4, 0.5) is 0 Å². The van der Waals surface area contributed by atoms with Gasteiger partial charge >= 0.3 is 0 Å². The maximum atomic E-state index is 3.56. The van der Waals surface area contributed by atoms with Gasteiger partial charge in [-0.1, -0.05) is 48.0 Å². The zero-order chi connectivity index (χ0) is 12.7. The van der Waals surface area contributed by atoms with Crippen molar-refractivity contribution in [3.8, 4) is 0 Å². The minimum absolute atomic E-state index is 0.582. The quantitative estimate of drug-likeness (QED) is 0.687. The van der Waals surface area contributed by atoms with Crippen LogP contribution in [0.15, 0.2) is 0 Å². The Morgan fingerprint density at radius 1 is 1.06 bits per heavy atom. The van der Waals surface area contributed by atoms with Crippen LogP contribution < -0.4 is 5.32 Å². The molecule has 2 atom stereocenters. The van der Waals surface area contributed by atoms with Crippen LogP contribution in [-0.4, -0.2) is 37.1 Å². The van der Waals surface area contributed by atoms with Crippen LogP contribution in [0, 0.1) is 11.8 Å². The fourth-order valence-corrected chi connectivity index (χ4v) is 2.01. The normalized spacial score (nSPS) is 16.1. The Morgan fingerprint density at radius 2 is 1.62 bits per heavy atom. The molecule has 0 fully saturated rings. The molecule has 1 N–H and O–H groups in total. The SMILES string of the molecule is CCC(C)CN(C)C(CNC(C)C)C(C)C. The highest BCUT2D eigenvalue weighted by Gasteiger charge is 2.19. The van der Waals surface area contributed by atoms with Crippen LogP contribution in [-0.2, 0) is 0 Å². The van der Waals surface area contributed by atoms with E-state index in [-0.39, 0.29) is 0 Å². The Labute approximate surface area is 103 Å². The number of nitrogens with zero attached hydrogens (tertiary/aromatic N) is 1. The molecule has 16 heavy (non-hydrogen) atoms. The molecule has 2 unspecified atom stereocenters. The van der Waals surface area contributed by atoms with Crippen molar-refractivity contribution in [3.05, 3.63) is 0 Å². The monoisotopic (exact) mass is 228 g/mol. The first-order valence-electron chi connectivity index (χ1n) is 6.82. The Morgan fingerprint density at radius 3 is 2.00 bits per heavy atom. The highest BCUT2D eigenvalue weighted by Crippen LogP contribution is 2.12. The molecule has 0 aliphatic rings. The number of hydrogen-bond donors (Lipinski definition) is 1. The molecule has 0 aromatic heterocycles. The molecule has 0 radical (unpaired) electrons. The molecule has 2 nitrogen and oxygen atoms in total. The van der Waals surface area contributed by atoms with Gasteiger partial charge in [-0.2, -0.15) is 0 Å². The summed E-state index contributed by atoms with van der Waals surface area (Å²) in [5.74, 6) is 1.51. The van der Waals surface area contributed by atoms with E-state index in [2.05, 4.69) is 58.8 Å². The van der Waals surface area contributed by atoms with Crippen molar-refractivity contribution >= 4 is 0 Å². The van der Waals surface area contributed by atoms with Gasteiger partial charge < -0.3 is 10.2 Å². The van der Waals surface area contributed by atoms with Crippen molar-refractivity contribution in [3.63, 3.8) is 0 Å². The molecule has 0 saturated carbocycles. The molecule has 0 heterocycles. The Hall–Kier alpha value is -0.0800. The maximum absolute atomic E-state index is 3.56. The lowest BCUT2D eigenvalue weighted by Gasteiger charge is -2.33. The first-order valence-corrected chi connectivity index (χ1v) is 6.82. The van der Waals surface area contributed by atoms with Crippen molar-refractivity contribution in [1.29, 1.82) is 0 Å². The van der Waals surface area contributed by atoms with Crippen molar-refractivity contribution in [2.75, 3.05) is 20.1 Å². The second-order valence-electron chi connectivity index (χ2n) is 5.83. The minimum atomic E-state index is 0.582. The van der Waals surface area contributed by atoms with E-state index < -0.39 is 0 Å². The average Bonchev–Trinajstić information content (AvgIpc) is 2.16. The first kappa shape index (κ1) is 15.9. The number of nitrogens with one attached hydrogen (secondary N) is 1. The first-order chi connectivity index (χ1) is 7.38. The van der Waals surface area contributed by atoms with Crippen molar-refractivity contribution in [2.24, 2.45) is 11.8 Å². The lowest BCUT2D eigenvalue weighted by Crippen LogP contribution is -2.46. The van der Waals surface area contributed by atoms with E-state index >= 15 is 0 Å². The average molecular weight is 228 g/mol. The number of hydrogen-bond acceptors (Lipinski definition) is 2. The van der Waals surface area contributed by atoms with E-state index in [9.17, 15) is 0 Å². The lowest BCUT2D eigenvalue weighted by atomic mass is 10.0. The summed E-state index contributed by atoms with van der Waals surface area (Å²) in [7, 11) is 2.26. The summed E-state index contributed by atoms with van der Waals surface area (Å²) >= 11 is 0. The van der Waals surface area contributed by atoms with Gasteiger partial charge in [0.1, 0.15) is 0 Å². The third-order valence-corrected chi connectivity index (χ3v) is 3.37. The van der Waals surface area contributed by atoms with Gasteiger partial charge in [0.15, 0.2) is 0 Å². The summed E-state index contributed by atoms with van der Waals surface area (Å²) in [6.07, 6.45) is 1.27. The molecule has 98 valence electrons. The van der Waals surface area contributed by atoms with E-state index in [1.54, 1.807) is 0 Å². The highest BCUT2D eigenvalue weighted by molar-refractivity contribution is 4.76. The van der Waals surface area contributed by atoms with Crippen LogP contribution in [0.3, 0.4) is 0 Å². The van der Waals surface area contributed by atoms with Gasteiger partial charge in [-0.3, -0.25) is 0 Å². The Balaban J connectivity index is 4.18. The molecule has 2 heteroatoms. The molecule has 0 aliphatic heterocycles. The molecule has 0 amide bonds. The van der Waals surface area contributed by atoms with Crippen LogP contribution in [0.2, 0.25) is 0 Å². The maximum Gasteiger partial charge on any atom is 0.0240 e. The van der Waals surface area contributed by atoms with Crippen molar-refractivity contribution in [2.45, 2.75) is 60.0 Å². The smallest absolute Gasteiger partial charge is 0.0240 e. The van der Waals surface area contributed by atoms with Crippen LogP contribution in [0.5, 0.6) is 0 Å². The van der Waals surface area contributed by atoms with Gasteiger partial charge in [-0.25, -0.2) is 0 Å². The molecular formula is C14H32N2. The summed E-state index contributed by atoms with van der Waals surface area (Å²) in [6, 6.07) is 1.23. The fourth-order valence-electron chi connectivity index (χ4n) is 2.01. The minimum Gasteiger partial charge on any atom is -0.313 e. The number of likely N-dealkylation sites (N-methyl/N-ethyl adjacent to an activating group) is 1. The summed E-state index contributed by atoms with van der Waals surface area (Å²) in [5.41, 5.74) is 0. The van der Waals surface area contributed by atoms with Crippen LogP contribution in [0.1, 0.15) is 48.0 Å². The van der Waals surface area contributed by atoms with Gasteiger partial charge in [0.2, 0.25) is 0 Å². The van der Waals surface area contributed by atoms with E-state index in [1.165, 1.54) is 13.0 Å². The van der Waals surface area contributed by atoms with Crippen LogP contribution in [0.25, 0.3) is 0 Å². The molecule has 0 rings (SSSR count). The third kappa shape index (κ3) is 6.49. The largest absolute Gasteiger partial charge is 0.313 e. The zero-order valence-electron chi connectivity index (χ0n) is 12.4. The standard InChI is InChI=1S/C14H32N2/c1-8-13(6)10-16(7)14(11(2)3)9-15-12(4)5/h11-15H,8-10H2,1-7H3. The Kier molecular flexibility index (Phi) is 8.04. The summed E-state index contributed by atoms with van der Waals surface area (Å²) in [5, 5.41) is 3.56.